The van der Waals surface area contributed by atoms with Crippen molar-refractivity contribution in [1.29, 1.82) is 0 Å². The molecule has 0 aliphatic carbocycles. The van der Waals surface area contributed by atoms with E-state index in [1.807, 2.05) is 30.9 Å². The van der Waals surface area contributed by atoms with Gasteiger partial charge in [0.15, 0.2) is 0 Å². The van der Waals surface area contributed by atoms with Crippen molar-refractivity contribution in [3.05, 3.63) is 30.9 Å². The van der Waals surface area contributed by atoms with Crippen LogP contribution in [0.2, 0.25) is 0 Å². The van der Waals surface area contributed by atoms with Crippen molar-refractivity contribution in [3.8, 4) is 11.3 Å². The number of hydrogen-bond acceptors (Lipinski definition) is 4. The van der Waals surface area contributed by atoms with Crippen molar-refractivity contribution in [3.63, 3.8) is 0 Å². The lowest BCUT2D eigenvalue weighted by atomic mass is 9.83. The van der Waals surface area contributed by atoms with Crippen molar-refractivity contribution >= 4 is 5.82 Å². The topological polar surface area (TPSA) is 60.0 Å². The van der Waals surface area contributed by atoms with Gasteiger partial charge in [0.25, 0.3) is 0 Å². The second-order valence-electron chi connectivity index (χ2n) is 5.86. The molecule has 2 N–H and O–H groups in total. The van der Waals surface area contributed by atoms with Crippen LogP contribution in [0.1, 0.15) is 18.9 Å². The molecule has 3 aliphatic rings. The van der Waals surface area contributed by atoms with Gasteiger partial charge in [-0.25, -0.2) is 9.97 Å². The third kappa shape index (κ3) is 1.89. The van der Waals surface area contributed by atoms with E-state index >= 15 is 0 Å². The highest BCUT2D eigenvalue weighted by Gasteiger charge is 2.35. The van der Waals surface area contributed by atoms with Gasteiger partial charge in [-0.1, -0.05) is 0 Å². The Bertz CT molecular complexity index is 595. The highest BCUT2D eigenvalue weighted by Crippen LogP contribution is 2.37. The second-order valence-corrected chi connectivity index (χ2v) is 5.86. The average molecular weight is 269 g/mol. The first-order valence-electron chi connectivity index (χ1n) is 7.27. The Morgan fingerprint density at radius 2 is 2.00 bits per heavy atom. The van der Waals surface area contributed by atoms with E-state index in [9.17, 15) is 0 Å². The molecule has 0 amide bonds. The molecule has 5 nitrogen and oxygen atoms in total. The normalized spacial score (nSPS) is 28.7. The summed E-state index contributed by atoms with van der Waals surface area (Å²) in [5, 5.41) is 0. The highest BCUT2D eigenvalue weighted by molar-refractivity contribution is 5.59. The summed E-state index contributed by atoms with van der Waals surface area (Å²) >= 11 is 0. The Kier molecular flexibility index (Phi) is 2.73. The number of nitrogen functional groups attached to an aromatic ring is 1. The van der Waals surface area contributed by atoms with Crippen LogP contribution in [0.25, 0.3) is 11.3 Å². The van der Waals surface area contributed by atoms with E-state index in [1.165, 1.54) is 25.9 Å². The monoisotopic (exact) mass is 269 g/mol. The zero-order valence-electron chi connectivity index (χ0n) is 11.4. The predicted molar refractivity (Wildman–Crippen MR) is 78.1 cm³/mol. The fourth-order valence-electron chi connectivity index (χ4n) is 3.60. The molecule has 20 heavy (non-hydrogen) atoms. The van der Waals surface area contributed by atoms with Crippen LogP contribution < -0.4 is 5.73 Å². The molecule has 0 aromatic carbocycles. The number of piperidine rings is 3. The van der Waals surface area contributed by atoms with E-state index < -0.39 is 0 Å². The van der Waals surface area contributed by atoms with Gasteiger partial charge in [-0.05, 0) is 44.0 Å². The summed E-state index contributed by atoms with van der Waals surface area (Å²) in [7, 11) is 0. The lowest BCUT2D eigenvalue weighted by Crippen LogP contribution is -2.48. The highest BCUT2D eigenvalue weighted by atomic mass is 15.2. The number of nitrogens with two attached hydrogens (primary N) is 1. The summed E-state index contributed by atoms with van der Waals surface area (Å²) in [4.78, 5) is 11.1. The molecule has 1 unspecified atom stereocenters. The smallest absolute Gasteiger partial charge is 0.123 e. The zero-order valence-corrected chi connectivity index (χ0v) is 11.4. The van der Waals surface area contributed by atoms with E-state index in [0.717, 1.165) is 23.7 Å². The molecule has 0 saturated carbocycles. The SMILES string of the molecule is Nc1ccc(-c2cncn2C2CN3CCC2CC3)cn1. The molecule has 2 bridgehead atoms. The molecule has 1 atom stereocenters. The van der Waals surface area contributed by atoms with Gasteiger partial charge in [0.2, 0.25) is 0 Å². The fourth-order valence-corrected chi connectivity index (χ4v) is 3.60. The number of imidazole rings is 1. The van der Waals surface area contributed by atoms with Crippen LogP contribution in [0, 0.1) is 5.92 Å². The molecule has 3 fully saturated rings. The molecular formula is C15H19N5. The van der Waals surface area contributed by atoms with E-state index in [2.05, 4.69) is 19.4 Å². The third-order valence-corrected chi connectivity index (χ3v) is 4.73. The number of pyridine rings is 1. The summed E-state index contributed by atoms with van der Waals surface area (Å²) in [6.07, 6.45) is 8.36. The Hall–Kier alpha value is -1.88. The summed E-state index contributed by atoms with van der Waals surface area (Å²) in [5.41, 5.74) is 7.91. The maximum absolute atomic E-state index is 5.67. The standard InChI is InChI=1S/C15H19N5/c16-15-2-1-12(7-18-15)13-8-17-10-20(13)14-9-19-5-3-11(14)4-6-19/h1-2,7-8,10-11,14H,3-6,9H2,(H2,16,18). The molecule has 5 heterocycles. The largest absolute Gasteiger partial charge is 0.384 e. The predicted octanol–water partition coefficient (Wildman–Crippen LogP) is 1.79. The summed E-state index contributed by atoms with van der Waals surface area (Å²) in [6, 6.07) is 4.42. The zero-order chi connectivity index (χ0) is 13.5. The van der Waals surface area contributed by atoms with Crippen LogP contribution in [0.15, 0.2) is 30.9 Å². The number of nitrogens with zero attached hydrogens (tertiary/aromatic N) is 4. The molecule has 0 radical (unpaired) electrons. The van der Waals surface area contributed by atoms with Crippen LogP contribution in [0.4, 0.5) is 5.82 Å². The molecule has 0 spiro atoms. The van der Waals surface area contributed by atoms with Gasteiger partial charge in [-0.2, -0.15) is 0 Å². The van der Waals surface area contributed by atoms with Crippen LogP contribution in [0.3, 0.4) is 0 Å². The molecule has 5 heteroatoms. The van der Waals surface area contributed by atoms with Gasteiger partial charge in [-0.3, -0.25) is 0 Å². The van der Waals surface area contributed by atoms with Gasteiger partial charge in [0.1, 0.15) is 5.82 Å². The van der Waals surface area contributed by atoms with Gasteiger partial charge in [0, 0.05) is 18.3 Å². The Balaban J connectivity index is 1.70. The van der Waals surface area contributed by atoms with Gasteiger partial charge in [0.05, 0.1) is 24.3 Å². The molecular weight excluding hydrogens is 250 g/mol. The van der Waals surface area contributed by atoms with Crippen LogP contribution in [-0.2, 0) is 0 Å². The maximum Gasteiger partial charge on any atom is 0.123 e. The van der Waals surface area contributed by atoms with Crippen molar-refractivity contribution in [2.24, 2.45) is 5.92 Å². The first-order chi connectivity index (χ1) is 9.81. The molecule has 2 aromatic heterocycles. The number of hydrogen-bond donors (Lipinski definition) is 1. The number of anilines is 1. The van der Waals surface area contributed by atoms with Crippen LogP contribution in [0.5, 0.6) is 0 Å². The van der Waals surface area contributed by atoms with E-state index in [1.54, 1.807) is 0 Å². The summed E-state index contributed by atoms with van der Waals surface area (Å²) < 4.78 is 2.34. The summed E-state index contributed by atoms with van der Waals surface area (Å²) in [5.74, 6) is 1.34. The number of fused-ring (bicyclic) bond motifs is 3. The maximum atomic E-state index is 5.67. The second kappa shape index (κ2) is 4.59. The molecule has 3 aliphatic heterocycles. The quantitative estimate of drug-likeness (QED) is 0.903. The average Bonchev–Trinajstić information content (AvgIpc) is 2.98. The fraction of sp³-hybridized carbons (Fsp3) is 0.467. The third-order valence-electron chi connectivity index (χ3n) is 4.73. The van der Waals surface area contributed by atoms with E-state index in [0.29, 0.717) is 11.9 Å². The minimum Gasteiger partial charge on any atom is -0.384 e. The lowest BCUT2D eigenvalue weighted by Gasteiger charge is -2.45. The van der Waals surface area contributed by atoms with Crippen molar-refractivity contribution in [2.45, 2.75) is 18.9 Å². The van der Waals surface area contributed by atoms with E-state index in [4.69, 9.17) is 5.73 Å². The molecule has 104 valence electrons. The van der Waals surface area contributed by atoms with Crippen molar-refractivity contribution in [1.82, 2.24) is 19.4 Å². The van der Waals surface area contributed by atoms with Crippen LogP contribution in [-0.4, -0.2) is 39.1 Å². The number of rotatable bonds is 2. The minimum absolute atomic E-state index is 0.549. The van der Waals surface area contributed by atoms with Crippen LogP contribution >= 0.6 is 0 Å². The van der Waals surface area contributed by atoms with Crippen molar-refractivity contribution < 1.29 is 0 Å². The van der Waals surface area contributed by atoms with E-state index in [-0.39, 0.29) is 0 Å². The molecule has 3 saturated heterocycles. The first-order valence-corrected chi connectivity index (χ1v) is 7.27. The Morgan fingerprint density at radius 1 is 1.15 bits per heavy atom. The van der Waals surface area contributed by atoms with Gasteiger partial charge in [-0.15, -0.1) is 0 Å². The Labute approximate surface area is 118 Å². The lowest BCUT2D eigenvalue weighted by molar-refractivity contribution is 0.0577. The van der Waals surface area contributed by atoms with Gasteiger partial charge < -0.3 is 15.2 Å². The van der Waals surface area contributed by atoms with Gasteiger partial charge >= 0.3 is 0 Å². The van der Waals surface area contributed by atoms with Crippen molar-refractivity contribution in [2.75, 3.05) is 25.4 Å². The Morgan fingerprint density at radius 3 is 2.65 bits per heavy atom. The molecule has 5 rings (SSSR count). The molecule has 2 aromatic rings. The first kappa shape index (κ1) is 11.9. The number of aromatic nitrogens is 3. The minimum atomic E-state index is 0.549. The summed E-state index contributed by atoms with van der Waals surface area (Å²) in [6.45, 7) is 3.67.